The first-order chi connectivity index (χ1) is 15.8. The zero-order valence-corrected chi connectivity index (χ0v) is 19.5. The van der Waals surface area contributed by atoms with Crippen LogP contribution in [0.25, 0.3) is 11.3 Å². The Labute approximate surface area is 195 Å². The highest BCUT2D eigenvalue weighted by molar-refractivity contribution is 7.09. The number of carbonyl (C=O) groups excluding carboxylic acids is 3. The number of hydrogen-bond donors (Lipinski definition) is 1. The molecular formula is C24H25N3O5S. The third-order valence-electron chi connectivity index (χ3n) is 5.48. The van der Waals surface area contributed by atoms with Gasteiger partial charge in [-0.3, -0.25) is 9.59 Å². The number of ether oxygens (including phenoxy) is 1. The van der Waals surface area contributed by atoms with Crippen LogP contribution in [0, 0.1) is 12.8 Å². The van der Waals surface area contributed by atoms with Crippen LogP contribution in [0.15, 0.2) is 46.4 Å². The van der Waals surface area contributed by atoms with Crippen LogP contribution in [0.2, 0.25) is 0 Å². The number of carbonyl (C=O) groups is 3. The Morgan fingerprint density at radius 1 is 1.27 bits per heavy atom. The lowest BCUT2D eigenvalue weighted by molar-refractivity contribution is -0.150. The van der Waals surface area contributed by atoms with Crippen molar-refractivity contribution in [2.75, 3.05) is 18.1 Å². The Kier molecular flexibility index (Phi) is 6.60. The number of hydrogen-bond acceptors (Lipinski definition) is 7. The highest BCUT2D eigenvalue weighted by Crippen LogP contribution is 2.32. The van der Waals surface area contributed by atoms with Crippen molar-refractivity contribution in [2.45, 2.75) is 33.2 Å². The SMILES string of the molecule is Cc1nc(-c2ccc3c(c2)CCN3C(=O)COC(=O)[C@@H](NC(=O)c2ccco2)C(C)C)cs1. The van der Waals surface area contributed by atoms with Gasteiger partial charge in [0.15, 0.2) is 12.4 Å². The number of nitrogens with one attached hydrogen (secondary N) is 1. The van der Waals surface area contributed by atoms with Gasteiger partial charge in [0.1, 0.15) is 6.04 Å². The van der Waals surface area contributed by atoms with Crippen LogP contribution in [-0.2, 0) is 20.7 Å². The van der Waals surface area contributed by atoms with Crippen molar-refractivity contribution in [3.05, 3.63) is 58.3 Å². The zero-order chi connectivity index (χ0) is 23.5. The van der Waals surface area contributed by atoms with Gasteiger partial charge < -0.3 is 19.4 Å². The normalized spacial score (nSPS) is 13.6. The molecule has 8 nitrogen and oxygen atoms in total. The predicted octanol–water partition coefficient (Wildman–Crippen LogP) is 3.60. The quantitative estimate of drug-likeness (QED) is 0.533. The van der Waals surface area contributed by atoms with E-state index in [1.807, 2.05) is 24.4 Å². The second-order valence-electron chi connectivity index (χ2n) is 8.17. The molecule has 1 N–H and O–H groups in total. The van der Waals surface area contributed by atoms with Gasteiger partial charge in [0, 0.05) is 23.2 Å². The Bertz CT molecular complexity index is 1170. The van der Waals surface area contributed by atoms with Crippen molar-refractivity contribution >= 4 is 34.8 Å². The summed E-state index contributed by atoms with van der Waals surface area (Å²) in [5.74, 6) is -1.61. The Morgan fingerprint density at radius 3 is 2.76 bits per heavy atom. The number of furan rings is 1. The maximum absolute atomic E-state index is 12.8. The van der Waals surface area contributed by atoms with Crippen molar-refractivity contribution < 1.29 is 23.5 Å². The Morgan fingerprint density at radius 2 is 2.09 bits per heavy atom. The Balaban J connectivity index is 1.37. The fourth-order valence-corrected chi connectivity index (χ4v) is 4.36. The monoisotopic (exact) mass is 467 g/mol. The average Bonchev–Trinajstić information content (AvgIpc) is 3.55. The van der Waals surface area contributed by atoms with E-state index in [0.717, 1.165) is 33.9 Å². The first-order valence-corrected chi connectivity index (χ1v) is 11.6. The Hall–Kier alpha value is -3.46. The second kappa shape index (κ2) is 9.58. The van der Waals surface area contributed by atoms with Gasteiger partial charge in [-0.2, -0.15) is 0 Å². The number of benzene rings is 1. The molecule has 1 aliphatic heterocycles. The van der Waals surface area contributed by atoms with Gasteiger partial charge in [0.05, 0.1) is 17.0 Å². The number of aryl methyl sites for hydroxylation is 1. The molecular weight excluding hydrogens is 442 g/mol. The fraction of sp³-hybridized carbons (Fsp3) is 0.333. The van der Waals surface area contributed by atoms with Gasteiger partial charge in [0.2, 0.25) is 0 Å². The first kappa shape index (κ1) is 22.7. The third-order valence-corrected chi connectivity index (χ3v) is 6.25. The van der Waals surface area contributed by atoms with Crippen LogP contribution in [0.3, 0.4) is 0 Å². The molecule has 0 radical (unpaired) electrons. The van der Waals surface area contributed by atoms with E-state index in [1.54, 1.807) is 36.2 Å². The fourth-order valence-electron chi connectivity index (χ4n) is 3.73. The lowest BCUT2D eigenvalue weighted by Gasteiger charge is -2.22. The summed E-state index contributed by atoms with van der Waals surface area (Å²) in [5, 5.41) is 5.64. The summed E-state index contributed by atoms with van der Waals surface area (Å²) in [6.07, 6.45) is 2.10. The first-order valence-electron chi connectivity index (χ1n) is 10.7. The van der Waals surface area contributed by atoms with Gasteiger partial charge in [-0.05, 0) is 49.1 Å². The molecule has 0 saturated heterocycles. The van der Waals surface area contributed by atoms with Gasteiger partial charge in [-0.15, -0.1) is 11.3 Å². The molecule has 172 valence electrons. The number of thiazole rings is 1. The minimum absolute atomic E-state index is 0.102. The second-order valence-corrected chi connectivity index (χ2v) is 9.23. The topological polar surface area (TPSA) is 102 Å². The standard InChI is InChI=1S/C24H25N3O5S/c1-14(2)22(26-23(29)20-5-4-10-31-20)24(30)32-12-21(28)27-9-8-17-11-16(6-7-19(17)27)18-13-33-15(3)25-18/h4-7,10-11,13-14,22H,8-9,12H2,1-3H3,(H,26,29)/t22-/m0/s1. The van der Waals surface area contributed by atoms with Crippen LogP contribution >= 0.6 is 11.3 Å². The zero-order valence-electron chi connectivity index (χ0n) is 18.7. The van der Waals surface area contributed by atoms with E-state index in [1.165, 1.54) is 12.3 Å². The molecule has 1 aromatic carbocycles. The molecule has 1 aliphatic rings. The lowest BCUT2D eigenvalue weighted by atomic mass is 10.0. The summed E-state index contributed by atoms with van der Waals surface area (Å²) >= 11 is 1.60. The summed E-state index contributed by atoms with van der Waals surface area (Å²) in [6.45, 7) is 5.66. The smallest absolute Gasteiger partial charge is 0.329 e. The van der Waals surface area contributed by atoms with Crippen molar-refractivity contribution in [2.24, 2.45) is 5.92 Å². The van der Waals surface area contributed by atoms with Crippen LogP contribution in [0.1, 0.15) is 35.0 Å². The molecule has 3 aromatic rings. The molecule has 0 bridgehead atoms. The van der Waals surface area contributed by atoms with Crippen molar-refractivity contribution in [3.8, 4) is 11.3 Å². The number of nitrogens with zero attached hydrogens (tertiary/aromatic N) is 2. The maximum atomic E-state index is 12.8. The minimum Gasteiger partial charge on any atom is -0.459 e. The number of fused-ring (bicyclic) bond motifs is 1. The molecule has 0 spiro atoms. The van der Waals surface area contributed by atoms with Crippen LogP contribution < -0.4 is 10.2 Å². The van der Waals surface area contributed by atoms with E-state index in [2.05, 4.69) is 16.4 Å². The van der Waals surface area contributed by atoms with E-state index in [-0.39, 0.29) is 17.6 Å². The van der Waals surface area contributed by atoms with E-state index in [9.17, 15) is 14.4 Å². The minimum atomic E-state index is -0.898. The van der Waals surface area contributed by atoms with Crippen LogP contribution in [-0.4, -0.2) is 42.0 Å². The van der Waals surface area contributed by atoms with Gasteiger partial charge in [-0.25, -0.2) is 9.78 Å². The van der Waals surface area contributed by atoms with Crippen molar-refractivity contribution in [1.29, 1.82) is 0 Å². The molecule has 0 saturated carbocycles. The lowest BCUT2D eigenvalue weighted by Crippen LogP contribution is -2.46. The number of esters is 1. The molecule has 0 unspecified atom stereocenters. The van der Waals surface area contributed by atoms with E-state index in [4.69, 9.17) is 9.15 Å². The predicted molar refractivity (Wildman–Crippen MR) is 124 cm³/mol. The summed E-state index contributed by atoms with van der Waals surface area (Å²) < 4.78 is 10.3. The highest BCUT2D eigenvalue weighted by Gasteiger charge is 2.30. The van der Waals surface area contributed by atoms with Crippen LogP contribution in [0.5, 0.6) is 0 Å². The molecule has 33 heavy (non-hydrogen) atoms. The van der Waals surface area contributed by atoms with Crippen LogP contribution in [0.4, 0.5) is 5.69 Å². The maximum Gasteiger partial charge on any atom is 0.329 e. The summed E-state index contributed by atoms with van der Waals surface area (Å²) in [7, 11) is 0. The molecule has 0 aliphatic carbocycles. The molecule has 2 aromatic heterocycles. The molecule has 9 heteroatoms. The number of aromatic nitrogens is 1. The number of rotatable bonds is 7. The van der Waals surface area contributed by atoms with E-state index in [0.29, 0.717) is 6.54 Å². The highest BCUT2D eigenvalue weighted by atomic mass is 32.1. The molecule has 0 fully saturated rings. The van der Waals surface area contributed by atoms with Crippen molar-refractivity contribution in [3.63, 3.8) is 0 Å². The summed E-state index contributed by atoms with van der Waals surface area (Å²) in [5.41, 5.74) is 3.82. The van der Waals surface area contributed by atoms with Gasteiger partial charge in [0.25, 0.3) is 11.8 Å². The largest absolute Gasteiger partial charge is 0.459 e. The van der Waals surface area contributed by atoms with E-state index < -0.39 is 24.5 Å². The molecule has 3 heterocycles. The van der Waals surface area contributed by atoms with E-state index >= 15 is 0 Å². The summed E-state index contributed by atoms with van der Waals surface area (Å²) in [4.78, 5) is 43.8. The van der Waals surface area contributed by atoms with Crippen molar-refractivity contribution in [1.82, 2.24) is 10.3 Å². The molecule has 2 amide bonds. The summed E-state index contributed by atoms with van der Waals surface area (Å²) in [6, 6.07) is 8.11. The average molecular weight is 468 g/mol. The number of anilines is 1. The number of amides is 2. The molecule has 1 atom stereocenters. The third kappa shape index (κ3) is 4.98. The van der Waals surface area contributed by atoms with Gasteiger partial charge >= 0.3 is 5.97 Å². The molecule has 4 rings (SSSR count). The van der Waals surface area contributed by atoms with Gasteiger partial charge in [-0.1, -0.05) is 19.9 Å².